The average molecular weight is 270 g/mol. The van der Waals surface area contributed by atoms with E-state index < -0.39 is 0 Å². The highest BCUT2D eigenvalue weighted by atomic mass is 16.2. The quantitative estimate of drug-likeness (QED) is 0.840. The van der Waals surface area contributed by atoms with Crippen LogP contribution in [0, 0.1) is 5.41 Å². The molecule has 106 valence electrons. The molecule has 1 amide bonds. The Balaban J connectivity index is 1.81. The average Bonchev–Trinajstić information content (AvgIpc) is 2.77. The van der Waals surface area contributed by atoms with Crippen LogP contribution in [0.25, 0.3) is 10.9 Å². The van der Waals surface area contributed by atoms with Gasteiger partial charge in [0.15, 0.2) is 0 Å². The van der Waals surface area contributed by atoms with Gasteiger partial charge >= 0.3 is 0 Å². The summed E-state index contributed by atoms with van der Waals surface area (Å²) >= 11 is 0. The zero-order valence-electron chi connectivity index (χ0n) is 12.3. The highest BCUT2D eigenvalue weighted by molar-refractivity contribution is 5.98. The third kappa shape index (κ3) is 2.58. The smallest absolute Gasteiger partial charge is 0.270 e. The lowest BCUT2D eigenvalue weighted by molar-refractivity contribution is 0.0752. The molecule has 20 heavy (non-hydrogen) atoms. The Bertz CT molecular complexity index is 594. The number of nitrogens with zero attached hydrogens (tertiary/aromatic N) is 1. The molecular weight excluding hydrogens is 248 g/mol. The highest BCUT2D eigenvalue weighted by Gasteiger charge is 2.26. The summed E-state index contributed by atoms with van der Waals surface area (Å²) in [5.41, 5.74) is 2.10. The largest absolute Gasteiger partial charge is 0.351 e. The summed E-state index contributed by atoms with van der Waals surface area (Å²) in [7, 11) is 0. The third-order valence-electron chi connectivity index (χ3n) is 4.39. The molecule has 1 N–H and O–H groups in total. The summed E-state index contributed by atoms with van der Waals surface area (Å²) < 4.78 is 0. The van der Waals surface area contributed by atoms with Crippen LogP contribution in [0.1, 0.15) is 43.6 Å². The summed E-state index contributed by atoms with van der Waals surface area (Å²) in [6, 6.07) is 10.00. The number of amides is 1. The number of benzene rings is 1. The Labute approximate surface area is 120 Å². The molecule has 1 aliphatic heterocycles. The summed E-state index contributed by atoms with van der Waals surface area (Å²) in [5, 5.41) is 1.10. The number of para-hydroxylation sites is 1. The van der Waals surface area contributed by atoms with Crippen molar-refractivity contribution in [2.24, 2.45) is 5.41 Å². The fraction of sp³-hybridized carbons (Fsp3) is 0.471. The summed E-state index contributed by atoms with van der Waals surface area (Å²) in [5.74, 6) is 0.138. The molecule has 1 saturated heterocycles. The second-order valence-electron chi connectivity index (χ2n) is 6.58. The Morgan fingerprint density at radius 3 is 2.80 bits per heavy atom. The number of hydrogen-bond acceptors (Lipinski definition) is 1. The molecule has 0 saturated carbocycles. The van der Waals surface area contributed by atoms with Gasteiger partial charge in [0.25, 0.3) is 5.91 Å². The van der Waals surface area contributed by atoms with Crippen LogP contribution in [0.4, 0.5) is 0 Å². The van der Waals surface area contributed by atoms with Gasteiger partial charge in [0.2, 0.25) is 0 Å². The number of rotatable bonds is 1. The van der Waals surface area contributed by atoms with E-state index in [4.69, 9.17) is 0 Å². The van der Waals surface area contributed by atoms with Gasteiger partial charge in [0.05, 0.1) is 0 Å². The molecule has 1 fully saturated rings. The SMILES string of the molecule is CC1(C)CCCN(C(=O)c2cc3ccccc3[nH]2)CC1. The zero-order valence-corrected chi connectivity index (χ0v) is 12.3. The molecule has 3 heteroatoms. The second-order valence-corrected chi connectivity index (χ2v) is 6.58. The highest BCUT2D eigenvalue weighted by Crippen LogP contribution is 2.30. The van der Waals surface area contributed by atoms with Gasteiger partial charge in [-0.1, -0.05) is 32.0 Å². The van der Waals surface area contributed by atoms with Crippen molar-refractivity contribution < 1.29 is 4.79 Å². The molecule has 2 heterocycles. The van der Waals surface area contributed by atoms with Gasteiger partial charge in [-0.15, -0.1) is 0 Å². The predicted octanol–water partition coefficient (Wildman–Crippen LogP) is 3.82. The molecule has 0 atom stereocenters. The topological polar surface area (TPSA) is 36.1 Å². The van der Waals surface area contributed by atoms with Crippen molar-refractivity contribution >= 4 is 16.8 Å². The molecule has 0 unspecified atom stereocenters. The Hall–Kier alpha value is -1.77. The lowest BCUT2D eigenvalue weighted by Crippen LogP contribution is -2.32. The molecule has 1 aromatic carbocycles. The third-order valence-corrected chi connectivity index (χ3v) is 4.39. The van der Waals surface area contributed by atoms with Crippen LogP contribution in [-0.2, 0) is 0 Å². The van der Waals surface area contributed by atoms with E-state index in [1.54, 1.807) is 0 Å². The number of likely N-dealkylation sites (tertiary alicyclic amines) is 1. The number of H-pyrrole nitrogens is 1. The van der Waals surface area contributed by atoms with Crippen LogP contribution in [-0.4, -0.2) is 28.9 Å². The first-order chi connectivity index (χ1) is 9.55. The lowest BCUT2D eigenvalue weighted by Gasteiger charge is -2.23. The van der Waals surface area contributed by atoms with Crippen molar-refractivity contribution in [3.8, 4) is 0 Å². The maximum atomic E-state index is 12.6. The Morgan fingerprint density at radius 2 is 2.00 bits per heavy atom. The van der Waals surface area contributed by atoms with Gasteiger partial charge in [0.1, 0.15) is 5.69 Å². The maximum absolute atomic E-state index is 12.6. The zero-order chi connectivity index (χ0) is 14.2. The van der Waals surface area contributed by atoms with Gasteiger partial charge < -0.3 is 9.88 Å². The molecule has 1 aromatic heterocycles. The number of aromatic amines is 1. The van der Waals surface area contributed by atoms with Gasteiger partial charge in [-0.2, -0.15) is 0 Å². The first kappa shape index (κ1) is 13.2. The van der Waals surface area contributed by atoms with E-state index in [0.29, 0.717) is 11.1 Å². The molecule has 1 aliphatic rings. The van der Waals surface area contributed by atoms with E-state index in [9.17, 15) is 4.79 Å². The van der Waals surface area contributed by atoms with Crippen molar-refractivity contribution in [3.05, 3.63) is 36.0 Å². The second kappa shape index (κ2) is 4.97. The van der Waals surface area contributed by atoms with Gasteiger partial charge in [-0.3, -0.25) is 4.79 Å². The van der Waals surface area contributed by atoms with Gasteiger partial charge in [0, 0.05) is 24.0 Å². The number of carbonyl (C=O) groups excluding carboxylic acids is 1. The molecule has 0 spiro atoms. The van der Waals surface area contributed by atoms with Crippen LogP contribution < -0.4 is 0 Å². The number of carbonyl (C=O) groups is 1. The first-order valence-corrected chi connectivity index (χ1v) is 7.42. The Morgan fingerprint density at radius 1 is 1.20 bits per heavy atom. The maximum Gasteiger partial charge on any atom is 0.270 e. The standard InChI is InChI=1S/C17H22N2O/c1-17(2)8-5-10-19(11-9-17)16(20)15-12-13-6-3-4-7-14(13)18-15/h3-4,6-7,12,18H,5,8-11H2,1-2H3. The van der Waals surface area contributed by atoms with Crippen molar-refractivity contribution in [2.75, 3.05) is 13.1 Å². The normalized spacial score (nSPS) is 19.0. The van der Waals surface area contributed by atoms with Gasteiger partial charge in [-0.25, -0.2) is 0 Å². The van der Waals surface area contributed by atoms with Crippen molar-refractivity contribution in [1.29, 1.82) is 0 Å². The molecule has 2 aromatic rings. The lowest BCUT2D eigenvalue weighted by atomic mass is 9.85. The van der Waals surface area contributed by atoms with Crippen LogP contribution in [0.3, 0.4) is 0 Å². The van der Waals surface area contributed by atoms with Crippen LogP contribution in [0.2, 0.25) is 0 Å². The van der Waals surface area contributed by atoms with E-state index in [0.717, 1.165) is 36.8 Å². The molecule has 3 rings (SSSR count). The van der Waals surface area contributed by atoms with Crippen LogP contribution >= 0.6 is 0 Å². The molecular formula is C17H22N2O. The van der Waals surface area contributed by atoms with Crippen molar-refractivity contribution in [3.63, 3.8) is 0 Å². The number of aromatic nitrogens is 1. The number of nitrogens with one attached hydrogen (secondary N) is 1. The first-order valence-electron chi connectivity index (χ1n) is 7.42. The van der Waals surface area contributed by atoms with E-state index in [1.165, 1.54) is 6.42 Å². The van der Waals surface area contributed by atoms with E-state index in [1.807, 2.05) is 35.2 Å². The fourth-order valence-electron chi connectivity index (χ4n) is 2.98. The minimum atomic E-state index is 0.138. The summed E-state index contributed by atoms with van der Waals surface area (Å²) in [6.07, 6.45) is 3.38. The molecule has 0 radical (unpaired) electrons. The van der Waals surface area contributed by atoms with E-state index in [2.05, 4.69) is 18.8 Å². The number of hydrogen-bond donors (Lipinski definition) is 1. The number of fused-ring (bicyclic) bond motifs is 1. The minimum absolute atomic E-state index is 0.138. The summed E-state index contributed by atoms with van der Waals surface area (Å²) in [4.78, 5) is 17.9. The monoisotopic (exact) mass is 270 g/mol. The van der Waals surface area contributed by atoms with Crippen molar-refractivity contribution in [2.45, 2.75) is 33.1 Å². The van der Waals surface area contributed by atoms with E-state index in [-0.39, 0.29) is 5.91 Å². The predicted molar refractivity (Wildman–Crippen MR) is 81.8 cm³/mol. The molecule has 0 aliphatic carbocycles. The summed E-state index contributed by atoms with van der Waals surface area (Å²) in [6.45, 7) is 6.33. The molecule has 0 bridgehead atoms. The minimum Gasteiger partial charge on any atom is -0.351 e. The fourth-order valence-corrected chi connectivity index (χ4v) is 2.98. The van der Waals surface area contributed by atoms with Crippen molar-refractivity contribution in [1.82, 2.24) is 9.88 Å². The van der Waals surface area contributed by atoms with E-state index >= 15 is 0 Å². The molecule has 3 nitrogen and oxygen atoms in total. The Kier molecular flexibility index (Phi) is 3.28. The van der Waals surface area contributed by atoms with Gasteiger partial charge in [-0.05, 0) is 36.8 Å². The van der Waals surface area contributed by atoms with Crippen LogP contribution in [0.5, 0.6) is 0 Å². The van der Waals surface area contributed by atoms with Crippen LogP contribution in [0.15, 0.2) is 30.3 Å².